The molecule has 2 saturated heterocycles. The molecule has 0 saturated carbocycles. The third-order valence-electron chi connectivity index (χ3n) is 4.78. The lowest BCUT2D eigenvalue weighted by Crippen LogP contribution is -2.62. The van der Waals surface area contributed by atoms with Crippen LogP contribution in [0.2, 0.25) is 0 Å². The number of fused-ring (bicyclic) bond motifs is 1. The molecule has 2 heterocycles. The number of rotatable bonds is 6. The zero-order valence-electron chi connectivity index (χ0n) is 12.7. The standard InChI is InChI=1S/C15H31N3S/c1-3-19-9-7-14(10-16)18-12-15-6-4-5-8-17(15)11-13(18)2/h13-15H,3-12,16H2,1-2H3. The highest BCUT2D eigenvalue weighted by atomic mass is 32.2. The fraction of sp³-hybridized carbons (Fsp3) is 1.00. The zero-order chi connectivity index (χ0) is 13.7. The first-order valence-corrected chi connectivity index (χ1v) is 9.19. The van der Waals surface area contributed by atoms with Crippen molar-refractivity contribution in [2.45, 2.75) is 57.7 Å². The molecule has 0 aromatic heterocycles. The van der Waals surface area contributed by atoms with E-state index < -0.39 is 0 Å². The quantitative estimate of drug-likeness (QED) is 0.757. The van der Waals surface area contributed by atoms with Crippen molar-refractivity contribution in [3.8, 4) is 0 Å². The monoisotopic (exact) mass is 285 g/mol. The predicted octanol–water partition coefficient (Wildman–Crippen LogP) is 2.02. The molecule has 4 heteroatoms. The molecule has 0 aliphatic carbocycles. The summed E-state index contributed by atoms with van der Waals surface area (Å²) in [5.41, 5.74) is 6.05. The summed E-state index contributed by atoms with van der Waals surface area (Å²) >= 11 is 2.05. The summed E-state index contributed by atoms with van der Waals surface area (Å²) in [5.74, 6) is 2.49. The van der Waals surface area contributed by atoms with Crippen molar-refractivity contribution < 1.29 is 0 Å². The van der Waals surface area contributed by atoms with Gasteiger partial charge in [0.15, 0.2) is 0 Å². The summed E-state index contributed by atoms with van der Waals surface area (Å²) in [6.45, 7) is 9.27. The van der Waals surface area contributed by atoms with Gasteiger partial charge in [0.2, 0.25) is 0 Å². The zero-order valence-corrected chi connectivity index (χ0v) is 13.5. The molecule has 0 aromatic rings. The molecule has 2 N–H and O–H groups in total. The van der Waals surface area contributed by atoms with Crippen molar-refractivity contribution in [1.29, 1.82) is 0 Å². The summed E-state index contributed by atoms with van der Waals surface area (Å²) in [6.07, 6.45) is 5.47. The summed E-state index contributed by atoms with van der Waals surface area (Å²) in [6, 6.07) is 2.07. The third kappa shape index (κ3) is 4.10. The minimum atomic E-state index is 0.595. The van der Waals surface area contributed by atoms with E-state index in [1.807, 2.05) is 11.8 Å². The first kappa shape index (κ1) is 15.6. The van der Waals surface area contributed by atoms with E-state index in [1.165, 1.54) is 56.8 Å². The smallest absolute Gasteiger partial charge is 0.0230 e. The van der Waals surface area contributed by atoms with Crippen LogP contribution in [-0.4, -0.2) is 65.6 Å². The van der Waals surface area contributed by atoms with Gasteiger partial charge < -0.3 is 5.73 Å². The third-order valence-corrected chi connectivity index (χ3v) is 5.71. The lowest BCUT2D eigenvalue weighted by Gasteiger charge is -2.50. The van der Waals surface area contributed by atoms with E-state index in [2.05, 4.69) is 23.6 Å². The number of piperazine rings is 1. The van der Waals surface area contributed by atoms with Crippen LogP contribution < -0.4 is 5.73 Å². The molecule has 2 rings (SSSR count). The van der Waals surface area contributed by atoms with Crippen LogP contribution in [0.4, 0.5) is 0 Å². The number of thioether (sulfide) groups is 1. The van der Waals surface area contributed by atoms with Gasteiger partial charge in [0.25, 0.3) is 0 Å². The largest absolute Gasteiger partial charge is 0.329 e. The molecule has 0 spiro atoms. The Balaban J connectivity index is 1.89. The second kappa shape index (κ2) is 7.87. The summed E-state index contributed by atoms with van der Waals surface area (Å²) in [7, 11) is 0. The van der Waals surface area contributed by atoms with Gasteiger partial charge in [0, 0.05) is 37.8 Å². The molecule has 3 atom stereocenters. The number of nitrogens with two attached hydrogens (primary N) is 1. The normalized spacial score (nSPS) is 31.1. The fourth-order valence-electron chi connectivity index (χ4n) is 3.67. The number of hydrogen-bond acceptors (Lipinski definition) is 4. The molecule has 2 aliphatic rings. The SMILES string of the molecule is CCSCCC(CN)N1CC2CCCCN2CC1C. The molecule has 0 amide bonds. The van der Waals surface area contributed by atoms with Gasteiger partial charge in [-0.25, -0.2) is 0 Å². The van der Waals surface area contributed by atoms with Gasteiger partial charge >= 0.3 is 0 Å². The topological polar surface area (TPSA) is 32.5 Å². The van der Waals surface area contributed by atoms with Crippen molar-refractivity contribution in [3.05, 3.63) is 0 Å². The lowest BCUT2D eigenvalue weighted by atomic mass is 9.95. The Kier molecular flexibility index (Phi) is 6.46. The van der Waals surface area contributed by atoms with Crippen LogP contribution in [0.3, 0.4) is 0 Å². The summed E-state index contributed by atoms with van der Waals surface area (Å²) in [5, 5.41) is 0. The van der Waals surface area contributed by atoms with Crippen LogP contribution in [0, 0.1) is 0 Å². The highest BCUT2D eigenvalue weighted by molar-refractivity contribution is 7.99. The van der Waals surface area contributed by atoms with Gasteiger partial charge in [-0.15, -0.1) is 0 Å². The minimum Gasteiger partial charge on any atom is -0.329 e. The first-order valence-electron chi connectivity index (χ1n) is 8.03. The van der Waals surface area contributed by atoms with Crippen molar-refractivity contribution >= 4 is 11.8 Å². The Morgan fingerprint density at radius 3 is 2.89 bits per heavy atom. The van der Waals surface area contributed by atoms with Crippen LogP contribution in [0.5, 0.6) is 0 Å². The fourth-order valence-corrected chi connectivity index (χ4v) is 4.39. The molecule has 0 radical (unpaired) electrons. The maximum Gasteiger partial charge on any atom is 0.0230 e. The van der Waals surface area contributed by atoms with E-state index >= 15 is 0 Å². The van der Waals surface area contributed by atoms with Crippen molar-refractivity contribution in [2.75, 3.05) is 37.7 Å². The van der Waals surface area contributed by atoms with E-state index in [1.54, 1.807) is 0 Å². The van der Waals surface area contributed by atoms with Gasteiger partial charge in [-0.3, -0.25) is 9.80 Å². The number of hydrogen-bond donors (Lipinski definition) is 1. The average Bonchev–Trinajstić information content (AvgIpc) is 2.43. The molecular weight excluding hydrogens is 254 g/mol. The van der Waals surface area contributed by atoms with E-state index in [9.17, 15) is 0 Å². The van der Waals surface area contributed by atoms with Gasteiger partial charge in [-0.1, -0.05) is 13.3 Å². The highest BCUT2D eigenvalue weighted by Crippen LogP contribution is 2.26. The van der Waals surface area contributed by atoms with E-state index in [4.69, 9.17) is 5.73 Å². The van der Waals surface area contributed by atoms with E-state index in [-0.39, 0.29) is 0 Å². The lowest BCUT2D eigenvalue weighted by molar-refractivity contribution is -0.00647. The molecular formula is C15H31N3S. The number of piperidine rings is 1. The van der Waals surface area contributed by atoms with Gasteiger partial charge in [-0.2, -0.15) is 11.8 Å². The predicted molar refractivity (Wildman–Crippen MR) is 85.8 cm³/mol. The van der Waals surface area contributed by atoms with Gasteiger partial charge in [-0.05, 0) is 44.2 Å². The van der Waals surface area contributed by atoms with E-state index in [0.717, 1.165) is 12.6 Å². The van der Waals surface area contributed by atoms with Crippen LogP contribution in [0.1, 0.15) is 39.5 Å². The molecule has 3 unspecified atom stereocenters. The van der Waals surface area contributed by atoms with Gasteiger partial charge in [0.1, 0.15) is 0 Å². The van der Waals surface area contributed by atoms with Crippen molar-refractivity contribution in [3.63, 3.8) is 0 Å². The molecule has 3 nitrogen and oxygen atoms in total. The second-order valence-electron chi connectivity index (χ2n) is 6.07. The maximum absolute atomic E-state index is 6.05. The van der Waals surface area contributed by atoms with Crippen LogP contribution in [0.15, 0.2) is 0 Å². The van der Waals surface area contributed by atoms with Crippen LogP contribution in [0.25, 0.3) is 0 Å². The summed E-state index contributed by atoms with van der Waals surface area (Å²) in [4.78, 5) is 5.43. The van der Waals surface area contributed by atoms with Crippen molar-refractivity contribution in [2.24, 2.45) is 5.73 Å². The van der Waals surface area contributed by atoms with Crippen LogP contribution in [-0.2, 0) is 0 Å². The molecule has 19 heavy (non-hydrogen) atoms. The number of nitrogens with zero attached hydrogens (tertiary/aromatic N) is 2. The summed E-state index contributed by atoms with van der Waals surface area (Å²) < 4.78 is 0. The van der Waals surface area contributed by atoms with Gasteiger partial charge in [0.05, 0.1) is 0 Å². The van der Waals surface area contributed by atoms with Crippen molar-refractivity contribution in [1.82, 2.24) is 9.80 Å². The Morgan fingerprint density at radius 2 is 2.16 bits per heavy atom. The van der Waals surface area contributed by atoms with E-state index in [0.29, 0.717) is 12.1 Å². The molecule has 0 aromatic carbocycles. The second-order valence-corrected chi connectivity index (χ2v) is 7.46. The Labute approximate surface area is 123 Å². The maximum atomic E-state index is 6.05. The Morgan fingerprint density at radius 1 is 1.32 bits per heavy atom. The Hall–Kier alpha value is 0.230. The van der Waals surface area contributed by atoms with Crippen LogP contribution >= 0.6 is 11.8 Å². The first-order chi connectivity index (χ1) is 9.26. The average molecular weight is 286 g/mol. The minimum absolute atomic E-state index is 0.595. The highest BCUT2D eigenvalue weighted by Gasteiger charge is 2.35. The molecule has 112 valence electrons. The Bertz CT molecular complexity index is 262. The molecule has 2 aliphatic heterocycles. The molecule has 0 bridgehead atoms. The molecule has 2 fully saturated rings.